The van der Waals surface area contributed by atoms with Crippen molar-refractivity contribution in [2.45, 2.75) is 52.5 Å². The van der Waals surface area contributed by atoms with Crippen LogP contribution in [0.15, 0.2) is 37.1 Å². The lowest BCUT2D eigenvalue weighted by molar-refractivity contribution is -0.133. The second-order valence-electron chi connectivity index (χ2n) is 6.38. The van der Waals surface area contributed by atoms with E-state index in [1.54, 1.807) is 12.2 Å². The smallest absolute Gasteiger partial charge is 0.317 e. The molecule has 114 valence electrons. The number of rotatable bonds is 9. The molecule has 3 nitrogen and oxygen atoms in total. The molecule has 0 rings (SSSR count). The summed E-state index contributed by atoms with van der Waals surface area (Å²) in [6.45, 7) is 16.0. The summed E-state index contributed by atoms with van der Waals surface area (Å²) < 4.78 is 4.40. The van der Waals surface area contributed by atoms with Gasteiger partial charge in [-0.25, -0.2) is 0 Å². The second kappa shape index (κ2) is 8.20. The molecule has 0 aliphatic rings. The van der Waals surface area contributed by atoms with E-state index in [-0.39, 0.29) is 16.9 Å². The number of thiol groups is 1. The van der Waals surface area contributed by atoms with Crippen LogP contribution in [0.1, 0.15) is 47.0 Å². The van der Waals surface area contributed by atoms with E-state index in [2.05, 4.69) is 63.3 Å². The number of carbonyl (C=O) groups excluding carboxylic acids is 1. The molecule has 0 aliphatic carbocycles. The van der Waals surface area contributed by atoms with Crippen molar-refractivity contribution in [3.63, 3.8) is 0 Å². The van der Waals surface area contributed by atoms with E-state index in [9.17, 15) is 4.79 Å². The van der Waals surface area contributed by atoms with Crippen LogP contribution in [0, 0.1) is 5.41 Å². The van der Waals surface area contributed by atoms with Crippen molar-refractivity contribution in [2.24, 2.45) is 5.41 Å². The molecule has 0 saturated carbocycles. The second-order valence-corrected chi connectivity index (χ2v) is 6.56. The zero-order chi connectivity index (χ0) is 15.8. The Balaban J connectivity index is 4.63. The molecular formula is C16H27NO2S. The molecule has 1 N–H and O–H groups in total. The number of allylic oxidation sites excluding steroid dienone is 3. The third-order valence-electron chi connectivity index (χ3n) is 3.03. The first kappa shape index (κ1) is 18.8. The van der Waals surface area contributed by atoms with E-state index in [4.69, 9.17) is 0 Å². The topological polar surface area (TPSA) is 38.3 Å². The Hall–Kier alpha value is -1.16. The van der Waals surface area contributed by atoms with Gasteiger partial charge in [-0.15, -0.1) is 0 Å². The Bertz CT molecular complexity index is 384. The molecule has 0 unspecified atom stereocenters. The fourth-order valence-corrected chi connectivity index (χ4v) is 2.58. The summed E-state index contributed by atoms with van der Waals surface area (Å²) in [5.74, 6) is -0.287. The van der Waals surface area contributed by atoms with Crippen LogP contribution in [0.4, 0.5) is 0 Å². The lowest BCUT2D eigenvalue weighted by Crippen LogP contribution is -2.42. The van der Waals surface area contributed by atoms with Crippen LogP contribution >= 0.6 is 12.9 Å². The highest BCUT2D eigenvalue weighted by atomic mass is 32.1. The predicted molar refractivity (Wildman–Crippen MR) is 88.4 cm³/mol. The van der Waals surface area contributed by atoms with E-state index in [1.165, 1.54) is 0 Å². The lowest BCUT2D eigenvalue weighted by Gasteiger charge is -2.36. The Labute approximate surface area is 128 Å². The average molecular weight is 297 g/mol. The molecule has 4 heteroatoms. The van der Waals surface area contributed by atoms with Gasteiger partial charge in [-0.05, 0) is 44.3 Å². The summed E-state index contributed by atoms with van der Waals surface area (Å²) in [5.41, 5.74) is 0.839. The highest BCUT2D eigenvalue weighted by molar-refractivity contribution is 7.75. The van der Waals surface area contributed by atoms with Crippen LogP contribution < -0.4 is 5.32 Å². The Kier molecular flexibility index (Phi) is 7.72. The van der Waals surface area contributed by atoms with Crippen molar-refractivity contribution < 1.29 is 8.98 Å². The fraction of sp³-hybridized carbons (Fsp3) is 0.562. The molecule has 0 heterocycles. The number of hydrogen-bond acceptors (Lipinski definition) is 4. The molecule has 0 aromatic carbocycles. The van der Waals surface area contributed by atoms with E-state index >= 15 is 0 Å². The molecule has 0 aromatic heterocycles. The van der Waals surface area contributed by atoms with Crippen molar-refractivity contribution in [1.29, 1.82) is 0 Å². The van der Waals surface area contributed by atoms with E-state index in [1.807, 2.05) is 6.08 Å². The Morgan fingerprint density at radius 3 is 2.35 bits per heavy atom. The minimum Gasteiger partial charge on any atom is -0.395 e. The summed E-state index contributed by atoms with van der Waals surface area (Å²) in [5, 5.41) is 3.44. The van der Waals surface area contributed by atoms with Gasteiger partial charge in [0.15, 0.2) is 0 Å². The summed E-state index contributed by atoms with van der Waals surface area (Å²) in [7, 11) is 0. The first-order valence-electron chi connectivity index (χ1n) is 6.73. The normalized spacial score (nSPS) is 12.8. The summed E-state index contributed by atoms with van der Waals surface area (Å²) in [4.78, 5) is 11.2. The van der Waals surface area contributed by atoms with Crippen LogP contribution in [0.2, 0.25) is 0 Å². The maximum Gasteiger partial charge on any atom is 0.317 e. The van der Waals surface area contributed by atoms with Crippen molar-refractivity contribution >= 4 is 18.9 Å². The van der Waals surface area contributed by atoms with Crippen LogP contribution in [-0.4, -0.2) is 11.5 Å². The number of hydrogen-bond donors (Lipinski definition) is 2. The quantitative estimate of drug-likeness (QED) is 0.381. The molecule has 0 amide bonds. The van der Waals surface area contributed by atoms with Crippen LogP contribution in [-0.2, 0) is 8.98 Å². The molecule has 0 aliphatic heterocycles. The molecule has 0 spiro atoms. The molecule has 0 radical (unpaired) electrons. The van der Waals surface area contributed by atoms with Gasteiger partial charge < -0.3 is 9.50 Å². The molecule has 0 aromatic rings. The molecule has 20 heavy (non-hydrogen) atoms. The van der Waals surface area contributed by atoms with E-state index < -0.39 is 0 Å². The van der Waals surface area contributed by atoms with Gasteiger partial charge in [0.2, 0.25) is 0 Å². The van der Waals surface area contributed by atoms with Crippen LogP contribution in [0.25, 0.3) is 0 Å². The maximum absolute atomic E-state index is 11.2. The fourth-order valence-electron chi connectivity index (χ4n) is 2.49. The standard InChI is InChI=1S/C16H27NO2S/c1-7-9-13(8-2)17-16(5,6)12-15(3,4)11-10-14(18)19-20/h7-9,17,20H,1-2,10-12H2,3-6H3/b13-9+. The monoisotopic (exact) mass is 297 g/mol. The Morgan fingerprint density at radius 2 is 1.90 bits per heavy atom. The minimum absolute atomic E-state index is 0.0128. The minimum atomic E-state index is -0.287. The molecule has 0 atom stereocenters. The van der Waals surface area contributed by atoms with Gasteiger partial charge in [-0.1, -0.05) is 33.1 Å². The van der Waals surface area contributed by atoms with Crippen molar-refractivity contribution in [1.82, 2.24) is 5.32 Å². The highest BCUT2D eigenvalue weighted by Gasteiger charge is 2.29. The first-order chi connectivity index (χ1) is 9.15. The Morgan fingerprint density at radius 1 is 1.30 bits per heavy atom. The third kappa shape index (κ3) is 8.10. The van der Waals surface area contributed by atoms with Crippen LogP contribution in [0.3, 0.4) is 0 Å². The summed E-state index contributed by atoms with van der Waals surface area (Å²) in [6.07, 6.45) is 7.43. The van der Waals surface area contributed by atoms with Crippen molar-refractivity contribution in [2.75, 3.05) is 0 Å². The van der Waals surface area contributed by atoms with Crippen LogP contribution in [0.5, 0.6) is 0 Å². The van der Waals surface area contributed by atoms with Gasteiger partial charge in [-0.2, -0.15) is 0 Å². The van der Waals surface area contributed by atoms with Gasteiger partial charge in [0, 0.05) is 30.6 Å². The lowest BCUT2D eigenvalue weighted by atomic mass is 9.77. The molecule has 0 fully saturated rings. The maximum atomic E-state index is 11.2. The van der Waals surface area contributed by atoms with Crippen molar-refractivity contribution in [3.8, 4) is 0 Å². The largest absolute Gasteiger partial charge is 0.395 e. The summed E-state index contributed by atoms with van der Waals surface area (Å²) in [6, 6.07) is 0. The first-order valence-corrected chi connectivity index (χ1v) is 7.10. The zero-order valence-corrected chi connectivity index (χ0v) is 13.9. The number of nitrogens with one attached hydrogen (secondary N) is 1. The van der Waals surface area contributed by atoms with E-state index in [0.717, 1.165) is 18.5 Å². The SMILES string of the molecule is C=C/C=C(\C=C)NC(C)(C)CC(C)(C)CCC(=O)OS. The average Bonchev–Trinajstić information content (AvgIpc) is 2.33. The third-order valence-corrected chi connectivity index (χ3v) is 3.23. The van der Waals surface area contributed by atoms with Gasteiger partial charge in [0.25, 0.3) is 0 Å². The zero-order valence-electron chi connectivity index (χ0n) is 13.0. The molecule has 0 saturated heterocycles. The number of carbonyl (C=O) groups is 1. The van der Waals surface area contributed by atoms with Gasteiger partial charge in [-0.3, -0.25) is 4.79 Å². The highest BCUT2D eigenvalue weighted by Crippen LogP contribution is 2.33. The van der Waals surface area contributed by atoms with Gasteiger partial charge in [0.05, 0.1) is 0 Å². The molecular weight excluding hydrogens is 270 g/mol. The van der Waals surface area contributed by atoms with Gasteiger partial charge >= 0.3 is 5.97 Å². The predicted octanol–water partition coefficient (Wildman–Crippen LogP) is 4.20. The summed E-state index contributed by atoms with van der Waals surface area (Å²) >= 11 is 3.52. The molecule has 0 bridgehead atoms. The van der Waals surface area contributed by atoms with Gasteiger partial charge in [0.1, 0.15) is 0 Å². The van der Waals surface area contributed by atoms with E-state index in [0.29, 0.717) is 6.42 Å². The van der Waals surface area contributed by atoms with Crippen molar-refractivity contribution in [3.05, 3.63) is 37.1 Å².